The van der Waals surface area contributed by atoms with Crippen LogP contribution in [0.3, 0.4) is 0 Å². The lowest BCUT2D eigenvalue weighted by Crippen LogP contribution is -2.34. The summed E-state index contributed by atoms with van der Waals surface area (Å²) in [7, 11) is 1.73. The summed E-state index contributed by atoms with van der Waals surface area (Å²) < 4.78 is 5.53. The minimum Gasteiger partial charge on any atom is -0.496 e. The summed E-state index contributed by atoms with van der Waals surface area (Å²) >= 11 is 0. The Morgan fingerprint density at radius 2 is 2.17 bits per heavy atom. The molecule has 0 bridgehead atoms. The number of methoxy groups -OCH3 is 1. The molecule has 2 aromatic heterocycles. The molecule has 0 saturated carbocycles. The van der Waals surface area contributed by atoms with Gasteiger partial charge in [0, 0.05) is 42.0 Å². The lowest BCUT2D eigenvalue weighted by Gasteiger charge is -2.32. The normalized spacial score (nSPS) is 19.0. The quantitative estimate of drug-likeness (QED) is 0.942. The Morgan fingerprint density at radius 1 is 1.35 bits per heavy atom. The molecule has 0 radical (unpaired) electrons. The van der Waals surface area contributed by atoms with E-state index in [1.54, 1.807) is 7.11 Å². The smallest absolute Gasteiger partial charge is 0.128 e. The van der Waals surface area contributed by atoms with E-state index in [1.807, 2.05) is 13.1 Å². The van der Waals surface area contributed by atoms with E-state index < -0.39 is 0 Å². The van der Waals surface area contributed by atoms with Crippen molar-refractivity contribution in [3.8, 4) is 5.75 Å². The lowest BCUT2D eigenvalue weighted by molar-refractivity contribution is 0.196. The van der Waals surface area contributed by atoms with Crippen LogP contribution in [0.5, 0.6) is 5.75 Å². The average Bonchev–Trinajstić information content (AvgIpc) is 2.98. The molecule has 1 atom stereocenters. The molecule has 0 spiro atoms. The van der Waals surface area contributed by atoms with Gasteiger partial charge in [-0.05, 0) is 46.2 Å². The van der Waals surface area contributed by atoms with Crippen molar-refractivity contribution in [2.45, 2.75) is 46.1 Å². The number of nitrogens with zero attached hydrogens (tertiary/aromatic N) is 3. The largest absolute Gasteiger partial charge is 0.496 e. The first-order valence-corrected chi connectivity index (χ1v) is 8.31. The average molecular weight is 314 g/mol. The van der Waals surface area contributed by atoms with Crippen molar-refractivity contribution in [1.29, 1.82) is 0 Å². The van der Waals surface area contributed by atoms with Crippen LogP contribution < -0.4 is 4.74 Å². The second-order valence-corrected chi connectivity index (χ2v) is 6.60. The highest BCUT2D eigenvalue weighted by Crippen LogP contribution is 2.29. The number of likely N-dealkylation sites (tertiary alicyclic amines) is 1. The monoisotopic (exact) mass is 314 g/mol. The predicted molar refractivity (Wildman–Crippen MR) is 90.8 cm³/mol. The summed E-state index contributed by atoms with van der Waals surface area (Å²) in [5.74, 6) is 1.48. The number of piperidine rings is 1. The fourth-order valence-corrected chi connectivity index (χ4v) is 3.53. The van der Waals surface area contributed by atoms with Crippen molar-refractivity contribution in [1.82, 2.24) is 20.1 Å². The van der Waals surface area contributed by atoms with Crippen molar-refractivity contribution in [3.63, 3.8) is 0 Å². The molecule has 2 aromatic rings. The SMILES string of the molecule is COc1c(C)cnc(CN2CCCC(c3cc(C)[nH]n3)C2)c1C. The van der Waals surface area contributed by atoms with Gasteiger partial charge in [0.2, 0.25) is 0 Å². The second kappa shape index (κ2) is 6.71. The summed E-state index contributed by atoms with van der Waals surface area (Å²) in [6.45, 7) is 9.25. The van der Waals surface area contributed by atoms with Crippen LogP contribution in [-0.2, 0) is 6.54 Å². The van der Waals surface area contributed by atoms with Crippen molar-refractivity contribution in [2.75, 3.05) is 20.2 Å². The molecule has 1 unspecified atom stereocenters. The van der Waals surface area contributed by atoms with Gasteiger partial charge in [-0.15, -0.1) is 0 Å². The fourth-order valence-electron chi connectivity index (χ4n) is 3.53. The van der Waals surface area contributed by atoms with Crippen molar-refractivity contribution < 1.29 is 4.74 Å². The molecular formula is C18H26N4O. The van der Waals surface area contributed by atoms with Gasteiger partial charge >= 0.3 is 0 Å². The van der Waals surface area contributed by atoms with E-state index in [9.17, 15) is 0 Å². The molecule has 3 rings (SSSR count). The van der Waals surface area contributed by atoms with Crippen LogP contribution in [0.25, 0.3) is 0 Å². The first-order valence-electron chi connectivity index (χ1n) is 8.31. The van der Waals surface area contributed by atoms with E-state index in [2.05, 4.69) is 40.0 Å². The first kappa shape index (κ1) is 16.0. The van der Waals surface area contributed by atoms with Crippen LogP contribution >= 0.6 is 0 Å². The molecule has 5 nitrogen and oxygen atoms in total. The molecule has 0 amide bonds. The molecule has 23 heavy (non-hydrogen) atoms. The zero-order valence-electron chi connectivity index (χ0n) is 14.5. The van der Waals surface area contributed by atoms with Gasteiger partial charge in [0.05, 0.1) is 18.5 Å². The highest BCUT2D eigenvalue weighted by Gasteiger charge is 2.24. The number of nitrogens with one attached hydrogen (secondary N) is 1. The zero-order chi connectivity index (χ0) is 16.4. The van der Waals surface area contributed by atoms with Crippen LogP contribution in [-0.4, -0.2) is 40.3 Å². The number of aromatic amines is 1. The fraction of sp³-hybridized carbons (Fsp3) is 0.556. The number of aryl methyl sites for hydroxylation is 2. The Kier molecular flexibility index (Phi) is 4.66. The molecule has 1 aliphatic rings. The minimum atomic E-state index is 0.515. The van der Waals surface area contributed by atoms with Crippen LogP contribution in [0.2, 0.25) is 0 Å². The minimum absolute atomic E-state index is 0.515. The van der Waals surface area contributed by atoms with Gasteiger partial charge in [0.15, 0.2) is 0 Å². The van der Waals surface area contributed by atoms with E-state index in [4.69, 9.17) is 4.74 Å². The van der Waals surface area contributed by atoms with E-state index >= 15 is 0 Å². The Hall–Kier alpha value is -1.88. The van der Waals surface area contributed by atoms with Crippen molar-refractivity contribution in [2.24, 2.45) is 0 Å². The standard InChI is InChI=1S/C18H26N4O/c1-12-9-19-17(14(3)18(12)23-4)11-22-7-5-6-15(10-22)16-8-13(2)20-21-16/h8-9,15H,5-7,10-11H2,1-4H3,(H,20,21). The van der Waals surface area contributed by atoms with Crippen molar-refractivity contribution in [3.05, 3.63) is 40.5 Å². The van der Waals surface area contributed by atoms with Gasteiger partial charge in [-0.1, -0.05) is 0 Å². The number of pyridine rings is 1. The zero-order valence-corrected chi connectivity index (χ0v) is 14.5. The lowest BCUT2D eigenvalue weighted by atomic mass is 9.94. The summed E-state index contributed by atoms with van der Waals surface area (Å²) in [5, 5.41) is 7.51. The summed E-state index contributed by atoms with van der Waals surface area (Å²) in [6.07, 6.45) is 4.34. The van der Waals surface area contributed by atoms with Gasteiger partial charge in [-0.3, -0.25) is 15.0 Å². The molecule has 1 aliphatic heterocycles. The Balaban J connectivity index is 1.73. The molecule has 5 heteroatoms. The maximum Gasteiger partial charge on any atom is 0.128 e. The molecule has 1 N–H and O–H groups in total. The van der Waals surface area contributed by atoms with Gasteiger partial charge in [-0.25, -0.2) is 0 Å². The van der Waals surface area contributed by atoms with E-state index in [0.717, 1.165) is 47.9 Å². The molecule has 1 fully saturated rings. The maximum absolute atomic E-state index is 5.53. The highest BCUT2D eigenvalue weighted by atomic mass is 16.5. The van der Waals surface area contributed by atoms with Gasteiger partial charge in [-0.2, -0.15) is 5.10 Å². The highest BCUT2D eigenvalue weighted by molar-refractivity contribution is 5.41. The predicted octanol–water partition coefficient (Wildman–Crippen LogP) is 3.12. The van der Waals surface area contributed by atoms with E-state index in [-0.39, 0.29) is 0 Å². The number of H-pyrrole nitrogens is 1. The molecule has 0 aliphatic carbocycles. The molecule has 0 aromatic carbocycles. The Morgan fingerprint density at radius 3 is 2.87 bits per heavy atom. The third-order valence-corrected chi connectivity index (χ3v) is 4.77. The molecular weight excluding hydrogens is 288 g/mol. The number of ether oxygens (including phenoxy) is 1. The van der Waals surface area contributed by atoms with Crippen LogP contribution in [0, 0.1) is 20.8 Å². The van der Waals surface area contributed by atoms with Gasteiger partial charge in [0.1, 0.15) is 5.75 Å². The second-order valence-electron chi connectivity index (χ2n) is 6.60. The maximum atomic E-state index is 5.53. The van der Waals surface area contributed by atoms with Crippen LogP contribution in [0.15, 0.2) is 12.3 Å². The number of hydrogen-bond acceptors (Lipinski definition) is 4. The third kappa shape index (κ3) is 3.39. The topological polar surface area (TPSA) is 54.0 Å². The van der Waals surface area contributed by atoms with E-state index in [0.29, 0.717) is 5.92 Å². The summed E-state index contributed by atoms with van der Waals surface area (Å²) in [5.41, 5.74) is 5.70. The van der Waals surface area contributed by atoms with Crippen LogP contribution in [0.4, 0.5) is 0 Å². The third-order valence-electron chi connectivity index (χ3n) is 4.77. The van der Waals surface area contributed by atoms with Gasteiger partial charge < -0.3 is 4.74 Å². The molecule has 1 saturated heterocycles. The molecule has 124 valence electrons. The Labute approximate surface area is 138 Å². The number of rotatable bonds is 4. The van der Waals surface area contributed by atoms with Crippen molar-refractivity contribution >= 4 is 0 Å². The summed E-state index contributed by atoms with van der Waals surface area (Å²) in [6, 6.07) is 2.17. The summed E-state index contributed by atoms with van der Waals surface area (Å²) in [4.78, 5) is 7.13. The first-order chi connectivity index (χ1) is 11.1. The molecule has 3 heterocycles. The van der Waals surface area contributed by atoms with E-state index in [1.165, 1.54) is 18.5 Å². The number of aromatic nitrogens is 3. The van der Waals surface area contributed by atoms with Crippen LogP contribution in [0.1, 0.15) is 47.0 Å². The number of hydrogen-bond donors (Lipinski definition) is 1. The Bertz CT molecular complexity index is 680. The van der Waals surface area contributed by atoms with Gasteiger partial charge in [0.25, 0.3) is 0 Å².